The van der Waals surface area contributed by atoms with E-state index in [4.69, 9.17) is 4.42 Å². The van der Waals surface area contributed by atoms with Gasteiger partial charge in [0.05, 0.1) is 34.0 Å². The lowest BCUT2D eigenvalue weighted by atomic mass is 9.86. The van der Waals surface area contributed by atoms with E-state index in [-0.39, 0.29) is 28.2 Å². The van der Waals surface area contributed by atoms with E-state index in [9.17, 15) is 22.8 Å². The third-order valence-corrected chi connectivity index (χ3v) is 7.27. The molecule has 0 spiro atoms. The number of hydrogen-bond donors (Lipinski definition) is 4. The zero-order valence-corrected chi connectivity index (χ0v) is 22.5. The minimum Gasteiger partial charge on any atom is -0.460 e. The molecule has 0 aliphatic rings. The number of hydrogen-bond acceptors (Lipinski definition) is 3. The van der Waals surface area contributed by atoms with Gasteiger partial charge in [0.1, 0.15) is 11.5 Å². The molecule has 3 heterocycles. The van der Waals surface area contributed by atoms with Crippen molar-refractivity contribution >= 4 is 0 Å². The fraction of sp³-hybridized carbons (Fsp3) is 0.125. The summed E-state index contributed by atoms with van der Waals surface area (Å²) in [6.07, 6.45) is -4.53. The summed E-state index contributed by atoms with van der Waals surface area (Å²) in [5, 5.41) is 11.2. The van der Waals surface area contributed by atoms with Gasteiger partial charge in [-0.25, -0.2) is 0 Å². The lowest BCUT2D eigenvalue weighted by Crippen LogP contribution is -2.19. The maximum atomic E-state index is 13.4. The zero-order chi connectivity index (χ0) is 29.6. The summed E-state index contributed by atoms with van der Waals surface area (Å²) in [6.45, 7) is 3.89. The maximum Gasteiger partial charge on any atom is 0.416 e. The van der Waals surface area contributed by atoms with Crippen molar-refractivity contribution in [3.8, 4) is 33.8 Å². The van der Waals surface area contributed by atoms with Crippen LogP contribution >= 0.6 is 0 Å². The molecule has 212 valence electrons. The normalized spacial score (nSPS) is 11.9. The Labute approximate surface area is 237 Å². The first kappa shape index (κ1) is 26.9. The van der Waals surface area contributed by atoms with Gasteiger partial charge >= 0.3 is 6.18 Å². The Bertz CT molecular complexity index is 1890. The SMILES string of the molecule is Cc1ccc(-c2[nH][nH]c(=O)c2C(c2ccc(-c3cccc(C(F)(F)F)c3)o2)c2c(-c3ccc(C)cc3)[nH][nH]c2=O)cc1. The van der Waals surface area contributed by atoms with Gasteiger partial charge in [-0.3, -0.25) is 30.0 Å². The third kappa shape index (κ3) is 4.91. The number of furan rings is 1. The summed E-state index contributed by atoms with van der Waals surface area (Å²) < 4.78 is 46.5. The predicted molar refractivity (Wildman–Crippen MR) is 153 cm³/mol. The molecule has 10 heteroatoms. The first-order valence-electron chi connectivity index (χ1n) is 13.1. The molecule has 0 saturated heterocycles. The van der Waals surface area contributed by atoms with Gasteiger partial charge < -0.3 is 4.42 Å². The molecule has 0 radical (unpaired) electrons. The number of rotatable bonds is 6. The molecule has 42 heavy (non-hydrogen) atoms. The number of nitrogens with one attached hydrogen (secondary N) is 4. The second-order valence-electron chi connectivity index (χ2n) is 10.2. The highest BCUT2D eigenvalue weighted by Crippen LogP contribution is 2.40. The van der Waals surface area contributed by atoms with Gasteiger partial charge in [-0.2, -0.15) is 13.2 Å². The fourth-order valence-electron chi connectivity index (χ4n) is 5.12. The van der Waals surface area contributed by atoms with Gasteiger partial charge in [-0.05, 0) is 49.2 Å². The van der Waals surface area contributed by atoms with Crippen LogP contribution in [0, 0.1) is 13.8 Å². The first-order valence-corrected chi connectivity index (χ1v) is 13.1. The molecule has 3 aromatic carbocycles. The van der Waals surface area contributed by atoms with Gasteiger partial charge in [0.15, 0.2) is 0 Å². The molecule has 0 aliphatic carbocycles. The number of H-pyrrole nitrogens is 4. The third-order valence-electron chi connectivity index (χ3n) is 7.27. The van der Waals surface area contributed by atoms with E-state index in [0.717, 1.165) is 23.3 Å². The molecule has 7 nitrogen and oxygen atoms in total. The van der Waals surface area contributed by atoms with Crippen LogP contribution in [0.5, 0.6) is 0 Å². The minimum absolute atomic E-state index is 0.161. The van der Waals surface area contributed by atoms with Crippen LogP contribution in [0.15, 0.2) is 98.9 Å². The van der Waals surface area contributed by atoms with E-state index in [1.165, 1.54) is 18.2 Å². The van der Waals surface area contributed by atoms with Crippen LogP contribution in [0.1, 0.15) is 39.5 Å². The number of alkyl halides is 3. The number of benzene rings is 3. The van der Waals surface area contributed by atoms with E-state index in [1.807, 2.05) is 62.4 Å². The smallest absolute Gasteiger partial charge is 0.416 e. The van der Waals surface area contributed by atoms with Gasteiger partial charge in [0.2, 0.25) is 0 Å². The molecule has 4 N–H and O–H groups in total. The van der Waals surface area contributed by atoms with E-state index in [1.54, 1.807) is 6.07 Å². The fourth-order valence-corrected chi connectivity index (χ4v) is 5.12. The highest BCUT2D eigenvalue weighted by Gasteiger charge is 2.34. The van der Waals surface area contributed by atoms with Crippen LogP contribution in [0.4, 0.5) is 13.2 Å². The van der Waals surface area contributed by atoms with Crippen LogP contribution in [0.2, 0.25) is 0 Å². The molecule has 0 amide bonds. The minimum atomic E-state index is -4.53. The van der Waals surface area contributed by atoms with Crippen LogP contribution in [-0.2, 0) is 6.18 Å². The highest BCUT2D eigenvalue weighted by atomic mass is 19.4. The van der Waals surface area contributed by atoms with Crippen molar-refractivity contribution in [1.82, 2.24) is 20.4 Å². The first-order chi connectivity index (χ1) is 20.1. The molecule has 6 rings (SSSR count). The van der Waals surface area contributed by atoms with E-state index in [2.05, 4.69) is 20.4 Å². The van der Waals surface area contributed by atoms with Crippen molar-refractivity contribution in [2.24, 2.45) is 0 Å². The van der Waals surface area contributed by atoms with Gasteiger partial charge in [-0.1, -0.05) is 71.8 Å². The summed E-state index contributed by atoms with van der Waals surface area (Å²) in [4.78, 5) is 26.9. The Kier molecular flexibility index (Phi) is 6.61. The average molecular weight is 571 g/mol. The summed E-state index contributed by atoms with van der Waals surface area (Å²) in [5.74, 6) is -0.657. The quantitative estimate of drug-likeness (QED) is 0.171. The number of halogens is 3. The number of aryl methyl sites for hydroxylation is 2. The number of aromatic amines is 4. The second kappa shape index (κ2) is 10.3. The van der Waals surface area contributed by atoms with Crippen molar-refractivity contribution in [3.05, 3.63) is 139 Å². The molecule has 3 aromatic heterocycles. The average Bonchev–Trinajstić information content (AvgIpc) is 3.70. The molecule has 0 atom stereocenters. The van der Waals surface area contributed by atoms with Gasteiger partial charge in [0, 0.05) is 5.56 Å². The standard InChI is InChI=1S/C32H25F3N4O3/c1-17-6-10-19(11-7-17)28-26(30(40)38-36-28)25(27-29(37-39-31(27)41)20-12-8-18(2)9-13-20)24-15-14-23(42-24)21-4-3-5-22(16-21)32(33,34)35/h3-16,25H,1-2H3,(H2,36,38,40)(H2,37,39,41). The molecule has 6 aromatic rings. The Balaban J connectivity index is 1.58. The van der Waals surface area contributed by atoms with Gasteiger partial charge in [-0.15, -0.1) is 0 Å². The van der Waals surface area contributed by atoms with Crippen molar-refractivity contribution in [2.45, 2.75) is 25.9 Å². The zero-order valence-electron chi connectivity index (χ0n) is 22.5. The summed E-state index contributed by atoms with van der Waals surface area (Å²) in [5.41, 5.74) is 3.26. The van der Waals surface area contributed by atoms with E-state index in [0.29, 0.717) is 22.5 Å². The summed E-state index contributed by atoms with van der Waals surface area (Å²) in [7, 11) is 0. The molecule has 0 aliphatic heterocycles. The van der Waals surface area contributed by atoms with Crippen molar-refractivity contribution in [1.29, 1.82) is 0 Å². The highest BCUT2D eigenvalue weighted by molar-refractivity contribution is 5.71. The van der Waals surface area contributed by atoms with Gasteiger partial charge in [0.25, 0.3) is 11.1 Å². The predicted octanol–water partition coefficient (Wildman–Crippen LogP) is 7.13. The molecular weight excluding hydrogens is 545 g/mol. The Morgan fingerprint density at radius 3 is 1.67 bits per heavy atom. The Morgan fingerprint density at radius 1 is 0.643 bits per heavy atom. The number of aromatic nitrogens is 4. The monoisotopic (exact) mass is 570 g/mol. The lowest BCUT2D eigenvalue weighted by Gasteiger charge is -2.15. The molecule has 0 fully saturated rings. The van der Waals surface area contributed by atoms with Crippen LogP contribution < -0.4 is 11.1 Å². The largest absolute Gasteiger partial charge is 0.460 e. The molecule has 0 unspecified atom stereocenters. The summed E-state index contributed by atoms with van der Waals surface area (Å²) in [6, 6.07) is 22.9. The van der Waals surface area contributed by atoms with E-state index >= 15 is 0 Å². The molecular formula is C32H25F3N4O3. The summed E-state index contributed by atoms with van der Waals surface area (Å²) >= 11 is 0. The van der Waals surface area contributed by atoms with Crippen molar-refractivity contribution in [2.75, 3.05) is 0 Å². The van der Waals surface area contributed by atoms with Crippen LogP contribution in [0.3, 0.4) is 0 Å². The topological polar surface area (TPSA) is 110 Å². The van der Waals surface area contributed by atoms with Crippen molar-refractivity contribution in [3.63, 3.8) is 0 Å². The molecule has 0 saturated carbocycles. The van der Waals surface area contributed by atoms with Crippen molar-refractivity contribution < 1.29 is 17.6 Å². The lowest BCUT2D eigenvalue weighted by molar-refractivity contribution is -0.137. The maximum absolute atomic E-state index is 13.4. The molecule has 0 bridgehead atoms. The van der Waals surface area contributed by atoms with E-state index < -0.39 is 28.8 Å². The Hall–Kier alpha value is -5.25. The van der Waals surface area contributed by atoms with Crippen LogP contribution in [-0.4, -0.2) is 20.4 Å². The Morgan fingerprint density at radius 2 is 1.17 bits per heavy atom. The van der Waals surface area contributed by atoms with Crippen LogP contribution in [0.25, 0.3) is 33.8 Å². The second-order valence-corrected chi connectivity index (χ2v) is 10.2.